The lowest BCUT2D eigenvalue weighted by Gasteiger charge is -2.46. The summed E-state index contributed by atoms with van der Waals surface area (Å²) in [5.41, 5.74) is 4.43. The van der Waals surface area contributed by atoms with Crippen molar-refractivity contribution in [3.05, 3.63) is 144 Å². The molecule has 7 rings (SSSR count). The van der Waals surface area contributed by atoms with E-state index in [4.69, 9.17) is 0 Å². The standard InChI is InChI=1S/C29H21OP/c30-25-17-9-7-15-23(25)28-20-29(22-13-5-2-6-14-22)19-27(21-11-3-1-4-12-21)31(28)26-18-10-8-16-24(26)29/h1-20,30H/t29-,31?/m0/s1. The monoisotopic (exact) mass is 416 g/mol. The summed E-state index contributed by atoms with van der Waals surface area (Å²) >= 11 is 0. The third-order valence-corrected chi connectivity index (χ3v) is 8.89. The van der Waals surface area contributed by atoms with E-state index in [-0.39, 0.29) is 5.41 Å². The van der Waals surface area contributed by atoms with E-state index in [1.165, 1.54) is 32.6 Å². The van der Waals surface area contributed by atoms with Crippen LogP contribution in [0.3, 0.4) is 0 Å². The van der Waals surface area contributed by atoms with E-state index in [1.54, 1.807) is 6.07 Å². The van der Waals surface area contributed by atoms with Gasteiger partial charge in [-0.2, -0.15) is 0 Å². The van der Waals surface area contributed by atoms with Crippen molar-refractivity contribution in [1.29, 1.82) is 0 Å². The minimum Gasteiger partial charge on any atom is -0.507 e. The molecule has 4 aromatic rings. The average molecular weight is 416 g/mol. The Kier molecular flexibility index (Phi) is 4.19. The maximum Gasteiger partial charge on any atom is 0.123 e. The second-order valence-corrected chi connectivity index (χ2v) is 10.1. The fraction of sp³-hybridized carbons (Fsp3) is 0.0345. The highest BCUT2D eigenvalue weighted by Gasteiger charge is 2.46. The number of phenols is 1. The highest BCUT2D eigenvalue weighted by Crippen LogP contribution is 2.70. The van der Waals surface area contributed by atoms with Gasteiger partial charge in [0.1, 0.15) is 5.75 Å². The topological polar surface area (TPSA) is 20.2 Å². The molecule has 3 aliphatic rings. The second kappa shape index (κ2) is 7.08. The van der Waals surface area contributed by atoms with Crippen LogP contribution >= 0.6 is 7.92 Å². The zero-order chi connectivity index (χ0) is 20.8. The summed E-state index contributed by atoms with van der Waals surface area (Å²) in [6.45, 7) is 0. The lowest BCUT2D eigenvalue weighted by molar-refractivity contribution is 0.474. The Labute approximate surface area is 183 Å². The normalized spacial score (nSPS) is 21.2. The Morgan fingerprint density at radius 1 is 0.581 bits per heavy atom. The van der Waals surface area contributed by atoms with Gasteiger partial charge in [0.25, 0.3) is 0 Å². The van der Waals surface area contributed by atoms with Crippen LogP contribution < -0.4 is 5.30 Å². The third-order valence-electron chi connectivity index (χ3n) is 6.30. The zero-order valence-corrected chi connectivity index (χ0v) is 17.8. The first kappa shape index (κ1) is 18.4. The van der Waals surface area contributed by atoms with Gasteiger partial charge in [-0.15, -0.1) is 0 Å². The van der Waals surface area contributed by atoms with Crippen molar-refractivity contribution in [1.82, 2.24) is 0 Å². The zero-order valence-electron chi connectivity index (χ0n) is 16.9. The van der Waals surface area contributed by atoms with Gasteiger partial charge in [-0.1, -0.05) is 115 Å². The minimum atomic E-state index is -0.775. The summed E-state index contributed by atoms with van der Waals surface area (Å²) in [4.78, 5) is 0. The Morgan fingerprint density at radius 3 is 1.97 bits per heavy atom. The van der Waals surface area contributed by atoms with E-state index in [2.05, 4.69) is 97.1 Å². The van der Waals surface area contributed by atoms with Gasteiger partial charge in [-0.25, -0.2) is 0 Å². The lowest BCUT2D eigenvalue weighted by atomic mass is 9.72. The molecule has 2 bridgehead atoms. The van der Waals surface area contributed by atoms with Crippen LogP contribution in [-0.2, 0) is 5.41 Å². The summed E-state index contributed by atoms with van der Waals surface area (Å²) < 4.78 is 0. The van der Waals surface area contributed by atoms with Crippen molar-refractivity contribution >= 4 is 23.9 Å². The highest BCUT2D eigenvalue weighted by atomic mass is 31.1. The first-order valence-corrected chi connectivity index (χ1v) is 11.9. The number of phenolic OH excluding ortho intramolecular Hbond substituents is 1. The fourth-order valence-corrected chi connectivity index (χ4v) is 7.93. The number of hydrogen-bond acceptors (Lipinski definition) is 1. The van der Waals surface area contributed by atoms with E-state index in [1.807, 2.05) is 18.2 Å². The number of para-hydroxylation sites is 1. The van der Waals surface area contributed by atoms with Crippen LogP contribution in [0.2, 0.25) is 0 Å². The molecule has 4 aromatic carbocycles. The molecule has 3 aliphatic heterocycles. The molecule has 1 unspecified atom stereocenters. The molecule has 2 heteroatoms. The van der Waals surface area contributed by atoms with E-state index in [0.29, 0.717) is 5.75 Å². The number of allylic oxidation sites excluding steroid dienone is 2. The van der Waals surface area contributed by atoms with Crippen LogP contribution in [0.5, 0.6) is 5.75 Å². The average Bonchev–Trinajstić information content (AvgIpc) is 2.85. The van der Waals surface area contributed by atoms with Gasteiger partial charge < -0.3 is 5.11 Å². The first-order chi connectivity index (χ1) is 15.3. The van der Waals surface area contributed by atoms with Gasteiger partial charge in [0.05, 0.1) is 5.41 Å². The predicted molar refractivity (Wildman–Crippen MR) is 131 cm³/mol. The van der Waals surface area contributed by atoms with E-state index >= 15 is 0 Å². The van der Waals surface area contributed by atoms with Crippen molar-refractivity contribution in [2.24, 2.45) is 0 Å². The SMILES string of the molecule is Oc1ccccc1C1=C[C@]2(c3ccccc3)C=C(c3ccccc3)P1c1ccccc12. The smallest absolute Gasteiger partial charge is 0.123 e. The molecule has 0 saturated carbocycles. The molecule has 0 spiro atoms. The third kappa shape index (κ3) is 2.74. The van der Waals surface area contributed by atoms with Gasteiger partial charge in [0, 0.05) is 5.56 Å². The van der Waals surface area contributed by atoms with Crippen LogP contribution in [0.25, 0.3) is 10.6 Å². The molecule has 2 atom stereocenters. The molecule has 0 amide bonds. The van der Waals surface area contributed by atoms with Crippen LogP contribution in [0.15, 0.2) is 121 Å². The quantitative estimate of drug-likeness (QED) is 0.360. The Bertz CT molecular complexity index is 1340. The highest BCUT2D eigenvalue weighted by molar-refractivity contribution is 7.84. The Morgan fingerprint density at radius 2 is 1.19 bits per heavy atom. The summed E-state index contributed by atoms with van der Waals surface area (Å²) in [6.07, 6.45) is 4.87. The molecule has 0 aromatic heterocycles. The van der Waals surface area contributed by atoms with E-state index < -0.39 is 7.92 Å². The summed E-state index contributed by atoms with van der Waals surface area (Å²) in [5.74, 6) is 0.344. The molecular weight excluding hydrogens is 395 g/mol. The van der Waals surface area contributed by atoms with Crippen LogP contribution in [0, 0.1) is 0 Å². The van der Waals surface area contributed by atoms with Crippen LogP contribution in [0.1, 0.15) is 22.3 Å². The number of benzene rings is 4. The maximum atomic E-state index is 10.8. The summed E-state index contributed by atoms with van der Waals surface area (Å²) in [6, 6.07) is 38.0. The Balaban J connectivity index is 1.72. The van der Waals surface area contributed by atoms with Crippen molar-refractivity contribution in [3.63, 3.8) is 0 Å². The van der Waals surface area contributed by atoms with Crippen LogP contribution in [0.4, 0.5) is 0 Å². The van der Waals surface area contributed by atoms with Gasteiger partial charge >= 0.3 is 0 Å². The lowest BCUT2D eigenvalue weighted by Crippen LogP contribution is -2.36. The Hall–Kier alpha value is -3.41. The molecule has 0 aliphatic carbocycles. The van der Waals surface area contributed by atoms with Crippen molar-refractivity contribution in [3.8, 4) is 5.75 Å². The van der Waals surface area contributed by atoms with E-state index in [0.717, 1.165) is 5.56 Å². The van der Waals surface area contributed by atoms with Gasteiger partial charge in [0.2, 0.25) is 0 Å². The minimum absolute atomic E-state index is 0.344. The van der Waals surface area contributed by atoms with E-state index in [9.17, 15) is 5.11 Å². The predicted octanol–water partition coefficient (Wildman–Crippen LogP) is 6.89. The van der Waals surface area contributed by atoms with Crippen molar-refractivity contribution in [2.45, 2.75) is 5.41 Å². The summed E-state index contributed by atoms with van der Waals surface area (Å²) in [5, 5.41) is 14.8. The molecule has 148 valence electrons. The van der Waals surface area contributed by atoms with Gasteiger partial charge in [0.15, 0.2) is 0 Å². The molecule has 0 fully saturated rings. The first-order valence-electron chi connectivity index (χ1n) is 10.5. The van der Waals surface area contributed by atoms with Crippen LogP contribution in [-0.4, -0.2) is 5.11 Å². The molecule has 0 radical (unpaired) electrons. The largest absolute Gasteiger partial charge is 0.507 e. The molecule has 1 nitrogen and oxygen atoms in total. The van der Waals surface area contributed by atoms with Crippen molar-refractivity contribution in [2.75, 3.05) is 0 Å². The molecule has 31 heavy (non-hydrogen) atoms. The number of rotatable bonds is 3. The number of aromatic hydroxyl groups is 1. The van der Waals surface area contributed by atoms with Gasteiger partial charge in [-0.3, -0.25) is 0 Å². The van der Waals surface area contributed by atoms with Gasteiger partial charge in [-0.05, 0) is 46.6 Å². The molecule has 3 heterocycles. The fourth-order valence-electron chi connectivity index (χ4n) is 4.91. The molecular formula is C29H21OP. The maximum absolute atomic E-state index is 10.8. The second-order valence-electron chi connectivity index (χ2n) is 8.03. The molecule has 1 N–H and O–H groups in total. The number of hydrogen-bond donors (Lipinski definition) is 1. The molecule has 0 saturated heterocycles. The summed E-state index contributed by atoms with van der Waals surface area (Å²) in [7, 11) is -0.775. The van der Waals surface area contributed by atoms with Crippen molar-refractivity contribution < 1.29 is 5.11 Å².